The first-order valence-corrected chi connectivity index (χ1v) is 8.77. The lowest BCUT2D eigenvalue weighted by Crippen LogP contribution is -2.38. The molecule has 0 aliphatic carbocycles. The SMILES string of the molecule is COc1ccc(CNC(=S)N2CCC[C@@H]2c2cccs2)cc1. The van der Waals surface area contributed by atoms with Crippen molar-refractivity contribution in [3.05, 3.63) is 52.2 Å². The second-order valence-electron chi connectivity index (χ2n) is 5.37. The Morgan fingerprint density at radius 2 is 2.18 bits per heavy atom. The minimum absolute atomic E-state index is 0.441. The van der Waals surface area contributed by atoms with Crippen molar-refractivity contribution < 1.29 is 4.74 Å². The minimum atomic E-state index is 0.441. The van der Waals surface area contributed by atoms with Crippen molar-refractivity contribution in [2.75, 3.05) is 13.7 Å². The maximum atomic E-state index is 5.61. The highest BCUT2D eigenvalue weighted by molar-refractivity contribution is 7.80. The van der Waals surface area contributed by atoms with E-state index in [9.17, 15) is 0 Å². The Labute approximate surface area is 140 Å². The van der Waals surface area contributed by atoms with Gasteiger partial charge in [0.2, 0.25) is 0 Å². The Hall–Kier alpha value is -1.59. The lowest BCUT2D eigenvalue weighted by atomic mass is 10.2. The quantitative estimate of drug-likeness (QED) is 0.856. The van der Waals surface area contributed by atoms with Crippen LogP contribution >= 0.6 is 23.6 Å². The molecule has 0 bridgehead atoms. The second kappa shape index (κ2) is 7.11. The minimum Gasteiger partial charge on any atom is -0.497 e. The molecular weight excluding hydrogens is 312 g/mol. The average molecular weight is 332 g/mol. The highest BCUT2D eigenvalue weighted by atomic mass is 32.1. The summed E-state index contributed by atoms with van der Waals surface area (Å²) in [4.78, 5) is 3.73. The summed E-state index contributed by atoms with van der Waals surface area (Å²) < 4.78 is 5.18. The molecule has 1 aromatic heterocycles. The van der Waals surface area contributed by atoms with Crippen molar-refractivity contribution >= 4 is 28.7 Å². The number of nitrogens with one attached hydrogen (secondary N) is 1. The average Bonchev–Trinajstić information content (AvgIpc) is 3.23. The van der Waals surface area contributed by atoms with Gasteiger partial charge in [0.15, 0.2) is 5.11 Å². The number of thiocarbonyl (C=S) groups is 1. The highest BCUT2D eigenvalue weighted by Crippen LogP contribution is 2.34. The molecule has 0 spiro atoms. The first-order valence-electron chi connectivity index (χ1n) is 7.49. The lowest BCUT2D eigenvalue weighted by molar-refractivity contribution is 0.398. The molecule has 1 aliphatic heterocycles. The van der Waals surface area contributed by atoms with Crippen LogP contribution in [0, 0.1) is 0 Å². The summed E-state index contributed by atoms with van der Waals surface area (Å²) in [7, 11) is 1.68. The van der Waals surface area contributed by atoms with Crippen LogP contribution in [-0.2, 0) is 6.54 Å². The zero-order valence-corrected chi connectivity index (χ0v) is 14.3. The van der Waals surface area contributed by atoms with Crippen LogP contribution in [0.2, 0.25) is 0 Å². The number of methoxy groups -OCH3 is 1. The maximum absolute atomic E-state index is 5.61. The van der Waals surface area contributed by atoms with E-state index in [0.717, 1.165) is 24.0 Å². The van der Waals surface area contributed by atoms with E-state index in [1.165, 1.54) is 23.3 Å². The molecule has 0 radical (unpaired) electrons. The van der Waals surface area contributed by atoms with E-state index in [1.807, 2.05) is 23.5 Å². The van der Waals surface area contributed by atoms with Crippen LogP contribution in [0.3, 0.4) is 0 Å². The zero-order valence-electron chi connectivity index (χ0n) is 12.6. The molecule has 116 valence electrons. The van der Waals surface area contributed by atoms with Crippen LogP contribution in [0.1, 0.15) is 29.3 Å². The smallest absolute Gasteiger partial charge is 0.169 e. The van der Waals surface area contributed by atoms with Crippen molar-refractivity contribution in [2.24, 2.45) is 0 Å². The normalized spacial score (nSPS) is 17.5. The monoisotopic (exact) mass is 332 g/mol. The van der Waals surface area contributed by atoms with Crippen LogP contribution in [-0.4, -0.2) is 23.7 Å². The fourth-order valence-electron chi connectivity index (χ4n) is 2.81. The molecule has 1 N–H and O–H groups in total. The molecule has 2 aromatic rings. The van der Waals surface area contributed by atoms with Crippen LogP contribution in [0.15, 0.2) is 41.8 Å². The Morgan fingerprint density at radius 1 is 1.36 bits per heavy atom. The Morgan fingerprint density at radius 3 is 2.86 bits per heavy atom. The molecule has 1 aliphatic rings. The van der Waals surface area contributed by atoms with Gasteiger partial charge in [0.05, 0.1) is 13.2 Å². The van der Waals surface area contributed by atoms with Gasteiger partial charge in [0.25, 0.3) is 0 Å². The van der Waals surface area contributed by atoms with Gasteiger partial charge in [0.1, 0.15) is 5.75 Å². The van der Waals surface area contributed by atoms with E-state index in [0.29, 0.717) is 6.04 Å². The van der Waals surface area contributed by atoms with Gasteiger partial charge in [-0.25, -0.2) is 0 Å². The van der Waals surface area contributed by atoms with Gasteiger partial charge in [-0.2, -0.15) is 0 Å². The highest BCUT2D eigenvalue weighted by Gasteiger charge is 2.28. The Kier molecular flexibility index (Phi) is 4.95. The van der Waals surface area contributed by atoms with E-state index in [2.05, 4.69) is 39.9 Å². The molecule has 0 saturated carbocycles. The van der Waals surface area contributed by atoms with Crippen molar-refractivity contribution in [1.29, 1.82) is 0 Å². The lowest BCUT2D eigenvalue weighted by Gasteiger charge is -2.27. The molecule has 2 heterocycles. The fraction of sp³-hybridized carbons (Fsp3) is 0.353. The fourth-order valence-corrected chi connectivity index (χ4v) is 3.97. The predicted octanol–water partition coefficient (Wildman–Crippen LogP) is 3.97. The maximum Gasteiger partial charge on any atom is 0.169 e. The number of likely N-dealkylation sites (tertiary alicyclic amines) is 1. The molecule has 3 rings (SSSR count). The van der Waals surface area contributed by atoms with Crippen LogP contribution in [0.25, 0.3) is 0 Å². The molecule has 0 unspecified atom stereocenters. The predicted molar refractivity (Wildman–Crippen MR) is 95.4 cm³/mol. The molecule has 22 heavy (non-hydrogen) atoms. The van der Waals surface area contributed by atoms with E-state index < -0.39 is 0 Å². The van der Waals surface area contributed by atoms with Gasteiger partial charge < -0.3 is 15.0 Å². The molecule has 0 amide bonds. The molecule has 1 fully saturated rings. The Balaban J connectivity index is 1.59. The third-order valence-corrected chi connectivity index (χ3v) is 5.34. The number of nitrogens with zero attached hydrogens (tertiary/aromatic N) is 1. The summed E-state index contributed by atoms with van der Waals surface area (Å²) >= 11 is 7.42. The second-order valence-corrected chi connectivity index (χ2v) is 6.74. The van der Waals surface area contributed by atoms with Crippen LogP contribution in [0.4, 0.5) is 0 Å². The molecule has 1 atom stereocenters. The summed E-state index contributed by atoms with van der Waals surface area (Å²) in [5.41, 5.74) is 1.20. The topological polar surface area (TPSA) is 24.5 Å². The number of hydrogen-bond acceptors (Lipinski definition) is 3. The third kappa shape index (κ3) is 3.42. The number of ether oxygens (including phenoxy) is 1. The molecule has 5 heteroatoms. The summed E-state index contributed by atoms with van der Waals surface area (Å²) in [5.74, 6) is 0.878. The third-order valence-electron chi connectivity index (χ3n) is 3.99. The van der Waals surface area contributed by atoms with Gasteiger partial charge >= 0.3 is 0 Å². The van der Waals surface area contributed by atoms with Crippen LogP contribution < -0.4 is 10.1 Å². The zero-order chi connectivity index (χ0) is 15.4. The van der Waals surface area contributed by atoms with Crippen molar-refractivity contribution in [1.82, 2.24) is 10.2 Å². The number of thiophene rings is 1. The van der Waals surface area contributed by atoms with Crippen molar-refractivity contribution in [3.8, 4) is 5.75 Å². The van der Waals surface area contributed by atoms with E-state index in [4.69, 9.17) is 17.0 Å². The van der Waals surface area contributed by atoms with Gasteiger partial charge in [-0.05, 0) is 54.2 Å². The van der Waals surface area contributed by atoms with Crippen LogP contribution in [0.5, 0.6) is 5.75 Å². The van der Waals surface area contributed by atoms with E-state index in [-0.39, 0.29) is 0 Å². The number of hydrogen-bond donors (Lipinski definition) is 1. The van der Waals surface area contributed by atoms with E-state index >= 15 is 0 Å². The summed E-state index contributed by atoms with van der Waals surface area (Å²) in [5, 5.41) is 6.38. The largest absolute Gasteiger partial charge is 0.497 e. The number of benzene rings is 1. The summed E-state index contributed by atoms with van der Waals surface area (Å²) in [6.45, 7) is 1.79. The summed E-state index contributed by atoms with van der Waals surface area (Å²) in [6.07, 6.45) is 2.39. The first kappa shape index (κ1) is 15.3. The van der Waals surface area contributed by atoms with Gasteiger partial charge in [-0.1, -0.05) is 18.2 Å². The molecule has 3 nitrogen and oxygen atoms in total. The van der Waals surface area contributed by atoms with Crippen molar-refractivity contribution in [3.63, 3.8) is 0 Å². The molecular formula is C17H20N2OS2. The molecule has 1 aromatic carbocycles. The first-order chi connectivity index (χ1) is 10.8. The van der Waals surface area contributed by atoms with Gasteiger partial charge in [0, 0.05) is 18.0 Å². The van der Waals surface area contributed by atoms with Crippen molar-refractivity contribution in [2.45, 2.75) is 25.4 Å². The van der Waals surface area contributed by atoms with Gasteiger partial charge in [-0.3, -0.25) is 0 Å². The van der Waals surface area contributed by atoms with Gasteiger partial charge in [-0.15, -0.1) is 11.3 Å². The van der Waals surface area contributed by atoms with E-state index in [1.54, 1.807) is 7.11 Å². The summed E-state index contributed by atoms with van der Waals surface area (Å²) in [6, 6.07) is 12.8. The molecule has 1 saturated heterocycles. The standard InChI is InChI=1S/C17H20N2OS2/c1-20-14-8-6-13(7-9-14)12-18-17(21)19-10-2-4-15(19)16-5-3-11-22-16/h3,5-9,11,15H,2,4,10,12H2,1H3,(H,18,21)/t15-/m1/s1. The Bertz CT molecular complexity index is 610. The number of rotatable bonds is 4.